The highest BCUT2D eigenvalue weighted by Gasteiger charge is 2.45. The van der Waals surface area contributed by atoms with Gasteiger partial charge in [-0.1, -0.05) is 12.8 Å². The first kappa shape index (κ1) is 16.9. The number of carbonyl (C=O) groups excluding carboxylic acids is 1. The van der Waals surface area contributed by atoms with E-state index in [0.717, 1.165) is 39.1 Å². The molecule has 0 bridgehead atoms. The number of carbonyl (C=O) groups is 1. The van der Waals surface area contributed by atoms with Crippen LogP contribution in [0, 0.1) is 11.3 Å². The van der Waals surface area contributed by atoms with Gasteiger partial charge < -0.3 is 10.1 Å². The van der Waals surface area contributed by atoms with Crippen molar-refractivity contribution in [2.75, 3.05) is 26.3 Å². The number of nitriles is 1. The molecule has 0 radical (unpaired) electrons. The maximum absolute atomic E-state index is 12.5. The van der Waals surface area contributed by atoms with Crippen molar-refractivity contribution in [3.8, 4) is 6.07 Å². The molecule has 1 aliphatic heterocycles. The van der Waals surface area contributed by atoms with E-state index in [1.54, 1.807) is 12.1 Å². The minimum absolute atomic E-state index is 0.0199. The first-order chi connectivity index (χ1) is 11.7. The molecule has 1 aliphatic carbocycles. The summed E-state index contributed by atoms with van der Waals surface area (Å²) < 4.78 is 5.49. The van der Waals surface area contributed by atoms with Crippen LogP contribution in [0.4, 0.5) is 0 Å². The summed E-state index contributed by atoms with van der Waals surface area (Å²) >= 11 is 0. The summed E-state index contributed by atoms with van der Waals surface area (Å²) in [6, 6.07) is 5.29. The monoisotopic (exact) mass is 328 g/mol. The summed E-state index contributed by atoms with van der Waals surface area (Å²) in [6.07, 6.45) is 6.05. The molecule has 3 rings (SSSR count). The summed E-state index contributed by atoms with van der Waals surface area (Å²) in [7, 11) is 0. The second-order valence-electron chi connectivity index (χ2n) is 6.65. The third-order valence-electron chi connectivity index (χ3n) is 5.39. The minimum Gasteiger partial charge on any atom is -0.379 e. The van der Waals surface area contributed by atoms with Gasteiger partial charge >= 0.3 is 0 Å². The van der Waals surface area contributed by atoms with E-state index in [2.05, 4.69) is 22.1 Å². The summed E-state index contributed by atoms with van der Waals surface area (Å²) in [5.41, 5.74) is 0.836. The number of nitrogens with one attached hydrogen (secondary N) is 1. The summed E-state index contributed by atoms with van der Waals surface area (Å²) in [5, 5.41) is 12.0. The average Bonchev–Trinajstić information content (AvgIpc) is 3.13. The van der Waals surface area contributed by atoms with Crippen molar-refractivity contribution < 1.29 is 9.53 Å². The fraction of sp³-hybridized carbons (Fsp3) is 0.611. The van der Waals surface area contributed by atoms with Crippen LogP contribution in [0.15, 0.2) is 18.3 Å². The van der Waals surface area contributed by atoms with Gasteiger partial charge in [0, 0.05) is 30.9 Å². The third kappa shape index (κ3) is 3.28. The van der Waals surface area contributed by atoms with Crippen molar-refractivity contribution in [1.29, 1.82) is 5.26 Å². The lowest BCUT2D eigenvalue weighted by Crippen LogP contribution is -2.62. The zero-order valence-electron chi connectivity index (χ0n) is 14.1. The number of pyridine rings is 1. The Morgan fingerprint density at radius 2 is 2.08 bits per heavy atom. The molecule has 0 spiro atoms. The lowest BCUT2D eigenvalue weighted by molar-refractivity contribution is -0.0323. The molecule has 128 valence electrons. The molecular weight excluding hydrogens is 304 g/mol. The Morgan fingerprint density at radius 1 is 1.38 bits per heavy atom. The van der Waals surface area contributed by atoms with Crippen LogP contribution in [0.3, 0.4) is 0 Å². The van der Waals surface area contributed by atoms with Crippen LogP contribution in [-0.2, 0) is 4.74 Å². The minimum atomic E-state index is -0.175. The van der Waals surface area contributed by atoms with E-state index in [4.69, 9.17) is 10.00 Å². The molecule has 0 unspecified atom stereocenters. The molecule has 2 heterocycles. The normalized spacial score (nSPS) is 21.8. The predicted molar refractivity (Wildman–Crippen MR) is 89.5 cm³/mol. The fourth-order valence-corrected chi connectivity index (χ4v) is 4.02. The molecule has 1 amide bonds. The summed E-state index contributed by atoms with van der Waals surface area (Å²) in [4.78, 5) is 19.1. The number of hydrogen-bond donors (Lipinski definition) is 1. The Morgan fingerprint density at radius 3 is 2.67 bits per heavy atom. The van der Waals surface area contributed by atoms with Crippen LogP contribution < -0.4 is 5.32 Å². The lowest BCUT2D eigenvalue weighted by atomic mass is 9.86. The van der Waals surface area contributed by atoms with Crippen molar-refractivity contribution in [1.82, 2.24) is 15.2 Å². The van der Waals surface area contributed by atoms with Gasteiger partial charge in [-0.3, -0.25) is 9.69 Å². The molecule has 24 heavy (non-hydrogen) atoms. The average molecular weight is 328 g/mol. The Bertz CT molecular complexity index is 611. The van der Waals surface area contributed by atoms with Gasteiger partial charge in [0.25, 0.3) is 5.91 Å². The number of aromatic nitrogens is 1. The van der Waals surface area contributed by atoms with E-state index in [9.17, 15) is 4.79 Å². The second kappa shape index (κ2) is 7.29. The fourth-order valence-electron chi connectivity index (χ4n) is 4.02. The van der Waals surface area contributed by atoms with Crippen molar-refractivity contribution >= 4 is 5.91 Å². The van der Waals surface area contributed by atoms with Gasteiger partial charge in [0.1, 0.15) is 11.8 Å². The van der Waals surface area contributed by atoms with Crippen molar-refractivity contribution in [3.05, 3.63) is 29.6 Å². The first-order valence-electron chi connectivity index (χ1n) is 8.65. The number of hydrogen-bond acceptors (Lipinski definition) is 5. The van der Waals surface area contributed by atoms with E-state index < -0.39 is 0 Å². The van der Waals surface area contributed by atoms with E-state index in [1.807, 2.05) is 6.07 Å². The van der Waals surface area contributed by atoms with Crippen molar-refractivity contribution in [3.63, 3.8) is 0 Å². The lowest BCUT2D eigenvalue weighted by Gasteiger charge is -2.47. The van der Waals surface area contributed by atoms with Gasteiger partial charge in [0.2, 0.25) is 0 Å². The highest BCUT2D eigenvalue weighted by Crippen LogP contribution is 2.38. The summed E-state index contributed by atoms with van der Waals surface area (Å²) in [5.74, 6) is -0.175. The molecule has 6 heteroatoms. The van der Waals surface area contributed by atoms with E-state index in [0.29, 0.717) is 11.3 Å². The Hall–Kier alpha value is -1.97. The highest BCUT2D eigenvalue weighted by atomic mass is 16.5. The van der Waals surface area contributed by atoms with Crippen LogP contribution in [0.1, 0.15) is 48.7 Å². The van der Waals surface area contributed by atoms with Crippen molar-refractivity contribution in [2.24, 2.45) is 0 Å². The van der Waals surface area contributed by atoms with E-state index >= 15 is 0 Å². The molecule has 1 atom stereocenters. The standard InChI is InChI=1S/C18H24N4O2/c1-14(21-17(23)16-5-4-15(12-19)13-20-16)18(6-2-3-7-18)22-8-10-24-11-9-22/h4-5,13-14H,2-3,6-11H2,1H3,(H,21,23)/t14-/m1/s1. The number of amides is 1. The van der Waals surface area contributed by atoms with Gasteiger partial charge in [-0.2, -0.15) is 5.26 Å². The van der Waals surface area contributed by atoms with E-state index in [1.165, 1.54) is 19.0 Å². The molecule has 2 fully saturated rings. The third-order valence-corrected chi connectivity index (χ3v) is 5.39. The topological polar surface area (TPSA) is 78.2 Å². The highest BCUT2D eigenvalue weighted by molar-refractivity contribution is 5.92. The Kier molecular flexibility index (Phi) is 5.12. The molecule has 1 saturated carbocycles. The number of morpholine rings is 1. The first-order valence-corrected chi connectivity index (χ1v) is 8.65. The number of rotatable bonds is 4. The maximum atomic E-state index is 12.5. The molecule has 1 N–H and O–H groups in total. The Balaban J connectivity index is 1.72. The number of ether oxygens (including phenoxy) is 1. The van der Waals surface area contributed by atoms with Gasteiger partial charge in [-0.25, -0.2) is 4.98 Å². The zero-order valence-corrected chi connectivity index (χ0v) is 14.1. The van der Waals surface area contributed by atoms with E-state index in [-0.39, 0.29) is 17.5 Å². The van der Waals surface area contributed by atoms with Gasteiger partial charge in [-0.05, 0) is 31.9 Å². The second-order valence-corrected chi connectivity index (χ2v) is 6.65. The molecule has 1 aromatic heterocycles. The Labute approximate surface area is 142 Å². The predicted octanol–water partition coefficient (Wildman–Crippen LogP) is 1.72. The quantitative estimate of drug-likeness (QED) is 0.910. The molecule has 2 aliphatic rings. The van der Waals surface area contributed by atoms with Gasteiger partial charge in [-0.15, -0.1) is 0 Å². The van der Waals surface area contributed by atoms with Crippen LogP contribution in [-0.4, -0.2) is 53.7 Å². The van der Waals surface area contributed by atoms with Crippen LogP contribution >= 0.6 is 0 Å². The largest absolute Gasteiger partial charge is 0.379 e. The number of nitrogens with zero attached hydrogens (tertiary/aromatic N) is 3. The molecular formula is C18H24N4O2. The maximum Gasteiger partial charge on any atom is 0.270 e. The SMILES string of the molecule is C[C@@H](NC(=O)c1ccc(C#N)cn1)C1(N2CCOCC2)CCCC1. The molecule has 1 saturated heterocycles. The zero-order chi connectivity index (χ0) is 17.0. The van der Waals surface area contributed by atoms with Crippen LogP contribution in [0.5, 0.6) is 0 Å². The van der Waals surface area contributed by atoms with Crippen LogP contribution in [0.2, 0.25) is 0 Å². The molecule has 1 aromatic rings. The smallest absolute Gasteiger partial charge is 0.270 e. The van der Waals surface area contributed by atoms with Crippen LogP contribution in [0.25, 0.3) is 0 Å². The summed E-state index contributed by atoms with van der Waals surface area (Å²) in [6.45, 7) is 5.48. The van der Waals surface area contributed by atoms with Gasteiger partial charge in [0.15, 0.2) is 0 Å². The molecule has 0 aromatic carbocycles. The van der Waals surface area contributed by atoms with Gasteiger partial charge in [0.05, 0.1) is 18.8 Å². The van der Waals surface area contributed by atoms with Crippen molar-refractivity contribution in [2.45, 2.75) is 44.2 Å². The molecule has 6 nitrogen and oxygen atoms in total.